The Kier molecular flexibility index (Phi) is 4.74. The lowest BCUT2D eigenvalue weighted by molar-refractivity contribution is 0.310. The summed E-state index contributed by atoms with van der Waals surface area (Å²) >= 11 is 0. The van der Waals surface area contributed by atoms with Crippen molar-refractivity contribution in [2.24, 2.45) is 0 Å². The van der Waals surface area contributed by atoms with Crippen molar-refractivity contribution in [2.75, 3.05) is 56.2 Å². The minimum atomic E-state index is -3.54. The number of piperazine rings is 1. The summed E-state index contributed by atoms with van der Waals surface area (Å²) in [5, 5.41) is 0. The van der Waals surface area contributed by atoms with Gasteiger partial charge >= 0.3 is 0 Å². The highest BCUT2D eigenvalue weighted by Crippen LogP contribution is 2.36. The van der Waals surface area contributed by atoms with E-state index in [0.29, 0.717) is 43.4 Å². The van der Waals surface area contributed by atoms with Crippen molar-refractivity contribution in [1.29, 1.82) is 0 Å². The first-order valence-corrected chi connectivity index (χ1v) is 10.7. The van der Waals surface area contributed by atoms with Gasteiger partial charge in [0, 0.05) is 45.0 Å². The highest BCUT2D eigenvalue weighted by molar-refractivity contribution is 7.89. The molecule has 27 heavy (non-hydrogen) atoms. The van der Waals surface area contributed by atoms with E-state index in [0.717, 1.165) is 23.5 Å². The molecule has 7 heteroatoms. The normalized spacial score (nSPS) is 18.1. The smallest absolute Gasteiger partial charge is 0.243 e. The molecule has 0 radical (unpaired) electrons. The molecule has 0 amide bonds. The quantitative estimate of drug-likeness (QED) is 0.809. The van der Waals surface area contributed by atoms with Crippen LogP contribution >= 0.6 is 0 Å². The average Bonchev–Trinajstić information content (AvgIpc) is 2.69. The summed E-state index contributed by atoms with van der Waals surface area (Å²) in [6, 6.07) is 13.7. The third-order valence-electron chi connectivity index (χ3n) is 5.33. The number of hydrogen-bond acceptors (Lipinski definition) is 5. The third-order valence-corrected chi connectivity index (χ3v) is 7.37. The van der Waals surface area contributed by atoms with Gasteiger partial charge in [-0.15, -0.1) is 0 Å². The van der Waals surface area contributed by atoms with Gasteiger partial charge in [-0.1, -0.05) is 18.2 Å². The van der Waals surface area contributed by atoms with Crippen LogP contribution in [0.5, 0.6) is 5.75 Å². The van der Waals surface area contributed by atoms with Gasteiger partial charge in [0.25, 0.3) is 0 Å². The van der Waals surface area contributed by atoms with Gasteiger partial charge in [-0.05, 0) is 30.7 Å². The summed E-state index contributed by atoms with van der Waals surface area (Å²) in [5.41, 5.74) is 2.85. The van der Waals surface area contributed by atoms with Crippen LogP contribution in [0.2, 0.25) is 0 Å². The predicted octanol–water partition coefficient (Wildman–Crippen LogP) is 2.33. The molecule has 2 aromatic rings. The monoisotopic (exact) mass is 387 g/mol. The number of fused-ring (bicyclic) bond motifs is 1. The minimum Gasteiger partial charge on any atom is -0.490 e. The maximum absolute atomic E-state index is 13.3. The molecule has 2 heterocycles. The van der Waals surface area contributed by atoms with Crippen LogP contribution in [0.4, 0.5) is 11.4 Å². The zero-order valence-corrected chi connectivity index (χ0v) is 16.6. The summed E-state index contributed by atoms with van der Waals surface area (Å²) in [7, 11) is -1.54. The van der Waals surface area contributed by atoms with Crippen molar-refractivity contribution in [3.8, 4) is 5.75 Å². The molecule has 0 bridgehead atoms. The van der Waals surface area contributed by atoms with Crippen LogP contribution in [-0.2, 0) is 10.0 Å². The molecule has 2 aliphatic rings. The van der Waals surface area contributed by atoms with Gasteiger partial charge in [0.1, 0.15) is 12.4 Å². The van der Waals surface area contributed by atoms with Crippen molar-refractivity contribution < 1.29 is 13.2 Å². The number of anilines is 2. The van der Waals surface area contributed by atoms with E-state index >= 15 is 0 Å². The first-order valence-electron chi connectivity index (χ1n) is 9.25. The highest BCUT2D eigenvalue weighted by Gasteiger charge is 2.31. The molecule has 0 unspecified atom stereocenters. The molecule has 4 rings (SSSR count). The maximum Gasteiger partial charge on any atom is 0.243 e. The first kappa shape index (κ1) is 18.1. The van der Waals surface area contributed by atoms with E-state index in [1.807, 2.05) is 38.2 Å². The van der Waals surface area contributed by atoms with E-state index in [4.69, 9.17) is 4.74 Å². The summed E-state index contributed by atoms with van der Waals surface area (Å²) < 4.78 is 33.8. The van der Waals surface area contributed by atoms with Crippen LogP contribution in [0.25, 0.3) is 0 Å². The fraction of sp³-hybridized carbons (Fsp3) is 0.400. The van der Waals surface area contributed by atoms with E-state index in [1.54, 1.807) is 10.4 Å². The lowest BCUT2D eigenvalue weighted by atomic mass is 10.1. The van der Waals surface area contributed by atoms with Crippen molar-refractivity contribution in [3.63, 3.8) is 0 Å². The predicted molar refractivity (Wildman–Crippen MR) is 107 cm³/mol. The SMILES string of the molecule is Cc1cc2c(cc1S(=O)(=O)N1CCN(c3ccccc3)CC1)OCCN2C. The van der Waals surface area contributed by atoms with E-state index < -0.39 is 10.0 Å². The largest absolute Gasteiger partial charge is 0.490 e. The second-order valence-corrected chi connectivity index (χ2v) is 8.99. The van der Waals surface area contributed by atoms with Crippen LogP contribution < -0.4 is 14.5 Å². The molecule has 1 fully saturated rings. The standard InChI is InChI=1S/C20H25N3O3S/c1-16-14-18-19(26-13-12-21(18)2)15-20(16)27(24,25)23-10-8-22(9-11-23)17-6-4-3-5-7-17/h3-7,14-15H,8-13H2,1-2H3. The molecular weight excluding hydrogens is 362 g/mol. The third kappa shape index (κ3) is 3.37. The Morgan fingerprint density at radius 1 is 0.963 bits per heavy atom. The molecule has 1 saturated heterocycles. The lowest BCUT2D eigenvalue weighted by Crippen LogP contribution is -2.48. The van der Waals surface area contributed by atoms with Gasteiger partial charge in [-0.3, -0.25) is 0 Å². The number of sulfonamides is 1. The van der Waals surface area contributed by atoms with Crippen LogP contribution in [0, 0.1) is 6.92 Å². The molecule has 144 valence electrons. The summed E-state index contributed by atoms with van der Waals surface area (Å²) in [6.45, 7) is 5.57. The number of hydrogen-bond donors (Lipinski definition) is 0. The number of para-hydroxylation sites is 1. The zero-order valence-electron chi connectivity index (χ0n) is 15.8. The van der Waals surface area contributed by atoms with E-state index in [1.165, 1.54) is 0 Å². The van der Waals surface area contributed by atoms with Crippen molar-refractivity contribution in [2.45, 2.75) is 11.8 Å². The average molecular weight is 388 g/mol. The summed E-state index contributed by atoms with van der Waals surface area (Å²) in [5.74, 6) is 0.649. The first-order chi connectivity index (χ1) is 13.0. The van der Waals surface area contributed by atoms with E-state index in [2.05, 4.69) is 21.9 Å². The molecule has 0 aromatic heterocycles. The Balaban J connectivity index is 1.56. The maximum atomic E-state index is 13.3. The van der Waals surface area contributed by atoms with Crippen LogP contribution in [0.3, 0.4) is 0 Å². The number of rotatable bonds is 3. The van der Waals surface area contributed by atoms with E-state index in [-0.39, 0.29) is 0 Å². The number of nitrogens with zero attached hydrogens (tertiary/aromatic N) is 3. The molecule has 0 aliphatic carbocycles. The lowest BCUT2D eigenvalue weighted by Gasteiger charge is -2.36. The van der Waals surface area contributed by atoms with Gasteiger partial charge < -0.3 is 14.5 Å². The van der Waals surface area contributed by atoms with Gasteiger partial charge in [-0.25, -0.2) is 8.42 Å². The fourth-order valence-corrected chi connectivity index (χ4v) is 5.37. The Morgan fingerprint density at radius 2 is 1.67 bits per heavy atom. The Labute approximate surface area is 161 Å². The van der Waals surface area contributed by atoms with Crippen molar-refractivity contribution in [3.05, 3.63) is 48.0 Å². The van der Waals surface area contributed by atoms with Crippen LogP contribution in [0.15, 0.2) is 47.4 Å². The number of aryl methyl sites for hydroxylation is 1. The number of ether oxygens (including phenoxy) is 1. The van der Waals surface area contributed by atoms with Crippen LogP contribution in [0.1, 0.15) is 5.56 Å². The molecule has 0 atom stereocenters. The van der Waals surface area contributed by atoms with Gasteiger partial charge in [0.05, 0.1) is 17.1 Å². The number of likely N-dealkylation sites (N-methyl/N-ethyl adjacent to an activating group) is 1. The van der Waals surface area contributed by atoms with Crippen LogP contribution in [-0.4, -0.2) is 59.1 Å². The fourth-order valence-electron chi connectivity index (χ4n) is 3.72. The minimum absolute atomic E-state index is 0.352. The van der Waals surface area contributed by atoms with Crippen molar-refractivity contribution in [1.82, 2.24) is 4.31 Å². The highest BCUT2D eigenvalue weighted by atomic mass is 32.2. The zero-order chi connectivity index (χ0) is 19.0. The van der Waals surface area contributed by atoms with Crippen molar-refractivity contribution >= 4 is 21.4 Å². The summed E-state index contributed by atoms with van der Waals surface area (Å²) in [4.78, 5) is 4.68. The molecular formula is C20H25N3O3S. The van der Waals surface area contributed by atoms with Gasteiger partial charge in [0.15, 0.2) is 0 Å². The van der Waals surface area contributed by atoms with E-state index in [9.17, 15) is 8.42 Å². The topological polar surface area (TPSA) is 53.1 Å². The number of benzene rings is 2. The Morgan fingerprint density at radius 3 is 2.37 bits per heavy atom. The Bertz CT molecular complexity index is 923. The summed E-state index contributed by atoms with van der Waals surface area (Å²) in [6.07, 6.45) is 0. The van der Waals surface area contributed by atoms with Gasteiger partial charge in [-0.2, -0.15) is 4.31 Å². The van der Waals surface area contributed by atoms with Gasteiger partial charge in [0.2, 0.25) is 10.0 Å². The molecule has 0 saturated carbocycles. The molecule has 6 nitrogen and oxygen atoms in total. The Hall–Kier alpha value is -2.25. The second kappa shape index (κ2) is 7.05. The molecule has 2 aliphatic heterocycles. The molecule has 0 N–H and O–H groups in total. The second-order valence-electron chi connectivity index (χ2n) is 7.08. The molecule has 0 spiro atoms. The molecule has 2 aromatic carbocycles.